The van der Waals surface area contributed by atoms with Gasteiger partial charge < -0.3 is 4.90 Å². The Kier molecular flexibility index (Phi) is 5.37. The summed E-state index contributed by atoms with van der Waals surface area (Å²) in [5.74, 6) is 1.47. The van der Waals surface area contributed by atoms with Crippen LogP contribution in [0.15, 0.2) is 24.3 Å². The number of piperidine rings is 2. The van der Waals surface area contributed by atoms with Gasteiger partial charge in [0.1, 0.15) is 0 Å². The second-order valence-corrected chi connectivity index (χ2v) is 7.54. The summed E-state index contributed by atoms with van der Waals surface area (Å²) in [4.78, 5) is 17.3. The molecule has 0 aromatic heterocycles. The molecule has 3 rings (SSSR count). The average Bonchev–Trinajstić information content (AvgIpc) is 2.58. The Bertz CT molecular complexity index is 509. The molecule has 3 heteroatoms. The Morgan fingerprint density at radius 3 is 2.22 bits per heavy atom. The highest BCUT2D eigenvalue weighted by atomic mass is 16.2. The molecule has 0 aliphatic carbocycles. The van der Waals surface area contributed by atoms with Gasteiger partial charge in [-0.2, -0.15) is 0 Å². The summed E-state index contributed by atoms with van der Waals surface area (Å²) in [5.41, 5.74) is 2.69. The van der Waals surface area contributed by atoms with Crippen molar-refractivity contribution in [3.63, 3.8) is 0 Å². The standard InChI is InChI=1S/C20H30N2O/c1-16-3-5-18(6-4-16)15-21-11-9-19(10-12-21)20(23)22-13-7-17(2)8-14-22/h3-6,17,19H,7-15H2,1-2H3. The van der Waals surface area contributed by atoms with Crippen LogP contribution in [0.25, 0.3) is 0 Å². The lowest BCUT2D eigenvalue weighted by atomic mass is 9.92. The fourth-order valence-electron chi connectivity index (χ4n) is 3.78. The molecule has 0 unspecified atom stereocenters. The molecule has 2 aliphatic heterocycles. The van der Waals surface area contributed by atoms with Crippen LogP contribution in [0.1, 0.15) is 43.7 Å². The molecule has 0 radical (unpaired) electrons. The molecule has 126 valence electrons. The SMILES string of the molecule is Cc1ccc(CN2CCC(C(=O)N3CCC(C)CC3)CC2)cc1. The summed E-state index contributed by atoms with van der Waals surface area (Å²) in [6, 6.07) is 8.81. The molecular formula is C20H30N2O. The topological polar surface area (TPSA) is 23.6 Å². The van der Waals surface area contributed by atoms with E-state index in [0.717, 1.165) is 51.5 Å². The largest absolute Gasteiger partial charge is 0.342 e. The predicted molar refractivity (Wildman–Crippen MR) is 94.2 cm³/mol. The van der Waals surface area contributed by atoms with Crippen LogP contribution in [0.3, 0.4) is 0 Å². The van der Waals surface area contributed by atoms with Gasteiger partial charge in [0.25, 0.3) is 0 Å². The van der Waals surface area contributed by atoms with Crippen molar-refractivity contribution in [2.75, 3.05) is 26.2 Å². The van der Waals surface area contributed by atoms with E-state index in [1.165, 1.54) is 24.0 Å². The van der Waals surface area contributed by atoms with Crippen molar-refractivity contribution in [1.82, 2.24) is 9.80 Å². The van der Waals surface area contributed by atoms with Gasteiger partial charge in [0.2, 0.25) is 5.91 Å². The van der Waals surface area contributed by atoms with E-state index >= 15 is 0 Å². The van der Waals surface area contributed by atoms with Gasteiger partial charge in [-0.3, -0.25) is 9.69 Å². The van der Waals surface area contributed by atoms with Crippen molar-refractivity contribution in [1.29, 1.82) is 0 Å². The highest BCUT2D eigenvalue weighted by Crippen LogP contribution is 2.24. The predicted octanol–water partition coefficient (Wildman–Crippen LogP) is 3.47. The van der Waals surface area contributed by atoms with Gasteiger partial charge in [-0.25, -0.2) is 0 Å². The van der Waals surface area contributed by atoms with Crippen LogP contribution in [0.5, 0.6) is 0 Å². The van der Waals surface area contributed by atoms with Crippen LogP contribution in [0, 0.1) is 18.8 Å². The zero-order chi connectivity index (χ0) is 16.2. The van der Waals surface area contributed by atoms with E-state index in [2.05, 4.69) is 47.9 Å². The maximum Gasteiger partial charge on any atom is 0.225 e. The van der Waals surface area contributed by atoms with Crippen LogP contribution >= 0.6 is 0 Å². The van der Waals surface area contributed by atoms with Crippen LogP contribution in [0.4, 0.5) is 0 Å². The minimum atomic E-state index is 0.262. The molecule has 2 aliphatic rings. The van der Waals surface area contributed by atoms with E-state index in [1.54, 1.807) is 0 Å². The number of hydrogen-bond acceptors (Lipinski definition) is 2. The molecule has 1 aromatic rings. The van der Waals surface area contributed by atoms with Crippen LogP contribution in [-0.2, 0) is 11.3 Å². The van der Waals surface area contributed by atoms with Gasteiger partial charge in [0, 0.05) is 25.6 Å². The zero-order valence-corrected chi connectivity index (χ0v) is 14.6. The summed E-state index contributed by atoms with van der Waals surface area (Å²) >= 11 is 0. The second-order valence-electron chi connectivity index (χ2n) is 7.54. The summed E-state index contributed by atoms with van der Waals surface area (Å²) in [7, 11) is 0. The molecule has 2 heterocycles. The quantitative estimate of drug-likeness (QED) is 0.853. The normalized spacial score (nSPS) is 21.6. The van der Waals surface area contributed by atoms with Crippen molar-refractivity contribution in [2.24, 2.45) is 11.8 Å². The van der Waals surface area contributed by atoms with Gasteiger partial charge >= 0.3 is 0 Å². The number of amides is 1. The van der Waals surface area contributed by atoms with Crippen LogP contribution in [0.2, 0.25) is 0 Å². The number of aryl methyl sites for hydroxylation is 1. The molecule has 0 N–H and O–H groups in total. The molecule has 0 spiro atoms. The lowest BCUT2D eigenvalue weighted by Gasteiger charge is -2.36. The molecule has 1 amide bonds. The van der Waals surface area contributed by atoms with E-state index in [1.807, 2.05) is 0 Å². The van der Waals surface area contributed by atoms with Gasteiger partial charge in [-0.15, -0.1) is 0 Å². The smallest absolute Gasteiger partial charge is 0.225 e. The molecule has 23 heavy (non-hydrogen) atoms. The minimum absolute atomic E-state index is 0.262. The van der Waals surface area contributed by atoms with Crippen molar-refractivity contribution < 1.29 is 4.79 Å². The maximum absolute atomic E-state index is 12.7. The van der Waals surface area contributed by atoms with E-state index in [0.29, 0.717) is 5.91 Å². The highest BCUT2D eigenvalue weighted by Gasteiger charge is 2.30. The Hall–Kier alpha value is -1.35. The first kappa shape index (κ1) is 16.5. The Balaban J connectivity index is 1.46. The molecule has 3 nitrogen and oxygen atoms in total. The molecule has 0 bridgehead atoms. The number of carbonyl (C=O) groups is 1. The number of nitrogens with zero attached hydrogens (tertiary/aromatic N) is 2. The third-order valence-corrected chi connectivity index (χ3v) is 5.56. The molecule has 0 atom stereocenters. The number of carbonyl (C=O) groups excluding carboxylic acids is 1. The fourth-order valence-corrected chi connectivity index (χ4v) is 3.78. The average molecular weight is 314 g/mol. The summed E-state index contributed by atoms with van der Waals surface area (Å²) in [5, 5.41) is 0. The first-order valence-corrected chi connectivity index (χ1v) is 9.18. The first-order valence-electron chi connectivity index (χ1n) is 9.18. The summed E-state index contributed by atoms with van der Waals surface area (Å²) in [6.07, 6.45) is 4.41. The van der Waals surface area contributed by atoms with Crippen molar-refractivity contribution in [2.45, 2.75) is 46.1 Å². The Morgan fingerprint density at radius 1 is 1.00 bits per heavy atom. The monoisotopic (exact) mass is 314 g/mol. The zero-order valence-electron chi connectivity index (χ0n) is 14.6. The van der Waals surface area contributed by atoms with Gasteiger partial charge in [0.15, 0.2) is 0 Å². The van der Waals surface area contributed by atoms with Crippen molar-refractivity contribution in [3.05, 3.63) is 35.4 Å². The molecule has 0 saturated carbocycles. The van der Waals surface area contributed by atoms with E-state index in [9.17, 15) is 4.79 Å². The van der Waals surface area contributed by atoms with Gasteiger partial charge in [-0.1, -0.05) is 36.8 Å². The van der Waals surface area contributed by atoms with Gasteiger partial charge in [-0.05, 0) is 57.2 Å². The lowest BCUT2D eigenvalue weighted by molar-refractivity contribution is -0.138. The van der Waals surface area contributed by atoms with Crippen molar-refractivity contribution in [3.8, 4) is 0 Å². The number of benzene rings is 1. The third kappa shape index (κ3) is 4.35. The minimum Gasteiger partial charge on any atom is -0.342 e. The second kappa shape index (κ2) is 7.48. The maximum atomic E-state index is 12.7. The van der Waals surface area contributed by atoms with E-state index < -0.39 is 0 Å². The van der Waals surface area contributed by atoms with Gasteiger partial charge in [0.05, 0.1) is 0 Å². The Morgan fingerprint density at radius 2 is 1.61 bits per heavy atom. The summed E-state index contributed by atoms with van der Waals surface area (Å²) < 4.78 is 0. The molecule has 2 fully saturated rings. The highest BCUT2D eigenvalue weighted by molar-refractivity contribution is 5.79. The lowest BCUT2D eigenvalue weighted by Crippen LogP contribution is -2.45. The van der Waals surface area contributed by atoms with E-state index in [4.69, 9.17) is 0 Å². The first-order chi connectivity index (χ1) is 11.1. The molecular weight excluding hydrogens is 284 g/mol. The van der Waals surface area contributed by atoms with Crippen LogP contribution < -0.4 is 0 Å². The van der Waals surface area contributed by atoms with Crippen LogP contribution in [-0.4, -0.2) is 41.9 Å². The summed E-state index contributed by atoms with van der Waals surface area (Å²) in [6.45, 7) is 9.49. The van der Waals surface area contributed by atoms with E-state index in [-0.39, 0.29) is 5.92 Å². The molecule has 1 aromatic carbocycles. The molecule has 2 saturated heterocycles. The Labute approximate surface area is 140 Å². The number of hydrogen-bond donors (Lipinski definition) is 0. The van der Waals surface area contributed by atoms with Crippen molar-refractivity contribution >= 4 is 5.91 Å². The fraction of sp³-hybridized carbons (Fsp3) is 0.650. The number of rotatable bonds is 3. The third-order valence-electron chi connectivity index (χ3n) is 5.56. The number of likely N-dealkylation sites (tertiary alicyclic amines) is 2.